The van der Waals surface area contributed by atoms with Gasteiger partial charge in [0.05, 0.1) is 9.40 Å². The first-order valence-electron chi connectivity index (χ1n) is 5.15. The van der Waals surface area contributed by atoms with Crippen LogP contribution in [0.2, 0.25) is 0 Å². The summed E-state index contributed by atoms with van der Waals surface area (Å²) in [5.41, 5.74) is -0.736. The van der Waals surface area contributed by atoms with E-state index in [0.29, 0.717) is 6.07 Å². The molecule has 0 aliphatic rings. The number of nitro benzene ring substituents is 1. The van der Waals surface area contributed by atoms with E-state index >= 15 is 0 Å². The molecule has 0 bridgehead atoms. The highest BCUT2D eigenvalue weighted by Crippen LogP contribution is 2.37. The van der Waals surface area contributed by atoms with Gasteiger partial charge >= 0.3 is 5.69 Å². The van der Waals surface area contributed by atoms with Gasteiger partial charge in [-0.1, -0.05) is 0 Å². The fourth-order valence-electron chi connectivity index (χ4n) is 1.43. The van der Waals surface area contributed by atoms with E-state index in [0.717, 1.165) is 24.3 Å². The summed E-state index contributed by atoms with van der Waals surface area (Å²) in [5.74, 6) is -4.32. The Labute approximate surface area is 119 Å². The van der Waals surface area contributed by atoms with E-state index in [2.05, 4.69) is 15.9 Å². The maximum Gasteiger partial charge on any atom is 0.314 e. The van der Waals surface area contributed by atoms with Crippen LogP contribution in [-0.2, 0) is 0 Å². The van der Waals surface area contributed by atoms with E-state index < -0.39 is 33.8 Å². The summed E-state index contributed by atoms with van der Waals surface area (Å²) < 4.78 is 44.8. The van der Waals surface area contributed by atoms with E-state index in [1.54, 1.807) is 0 Å². The second-order valence-electron chi connectivity index (χ2n) is 3.64. The van der Waals surface area contributed by atoms with Crippen molar-refractivity contribution in [2.45, 2.75) is 0 Å². The lowest BCUT2D eigenvalue weighted by molar-refractivity contribution is -0.385. The minimum absolute atomic E-state index is 0.0843. The van der Waals surface area contributed by atoms with Crippen LogP contribution in [-0.4, -0.2) is 4.92 Å². The molecule has 0 saturated carbocycles. The monoisotopic (exact) mass is 347 g/mol. The van der Waals surface area contributed by atoms with Crippen molar-refractivity contribution in [1.29, 1.82) is 0 Å². The summed E-state index contributed by atoms with van der Waals surface area (Å²) in [7, 11) is 0. The third-order valence-corrected chi connectivity index (χ3v) is 2.95. The van der Waals surface area contributed by atoms with Gasteiger partial charge in [-0.15, -0.1) is 0 Å². The van der Waals surface area contributed by atoms with Crippen LogP contribution < -0.4 is 4.74 Å². The Hall–Kier alpha value is -2.09. The second kappa shape index (κ2) is 5.49. The molecule has 0 N–H and O–H groups in total. The van der Waals surface area contributed by atoms with Gasteiger partial charge in [-0.05, 0) is 40.2 Å². The summed E-state index contributed by atoms with van der Waals surface area (Å²) >= 11 is 2.96. The molecule has 0 saturated heterocycles. The van der Waals surface area contributed by atoms with Crippen LogP contribution in [0, 0.1) is 27.6 Å². The van der Waals surface area contributed by atoms with Crippen molar-refractivity contribution in [2.75, 3.05) is 0 Å². The Bertz CT molecular complexity index is 694. The molecule has 0 spiro atoms. The van der Waals surface area contributed by atoms with Crippen LogP contribution in [0.25, 0.3) is 0 Å². The predicted octanol–water partition coefficient (Wildman–Crippen LogP) is 4.57. The zero-order valence-corrected chi connectivity index (χ0v) is 11.2. The molecule has 0 amide bonds. The number of hydrogen-bond donors (Lipinski definition) is 0. The Morgan fingerprint density at radius 1 is 1.15 bits per heavy atom. The number of nitro groups is 1. The third kappa shape index (κ3) is 2.74. The molecule has 0 aromatic heterocycles. The lowest BCUT2D eigenvalue weighted by Crippen LogP contribution is -1.99. The summed E-state index contributed by atoms with van der Waals surface area (Å²) in [5, 5.41) is 10.8. The topological polar surface area (TPSA) is 52.4 Å². The summed E-state index contributed by atoms with van der Waals surface area (Å²) in [4.78, 5) is 9.87. The van der Waals surface area contributed by atoms with Gasteiger partial charge in [0.15, 0.2) is 5.82 Å². The maximum absolute atomic E-state index is 13.6. The predicted molar refractivity (Wildman–Crippen MR) is 67.2 cm³/mol. The Balaban J connectivity index is 2.52. The molecule has 0 heterocycles. The van der Waals surface area contributed by atoms with Gasteiger partial charge in [0, 0.05) is 6.07 Å². The van der Waals surface area contributed by atoms with Crippen LogP contribution in [0.15, 0.2) is 34.8 Å². The largest absolute Gasteiger partial charge is 0.446 e. The third-order valence-electron chi connectivity index (χ3n) is 2.33. The number of ether oxygens (including phenoxy) is 1. The molecule has 20 heavy (non-hydrogen) atoms. The fourth-order valence-corrected chi connectivity index (χ4v) is 1.86. The summed E-state index contributed by atoms with van der Waals surface area (Å²) in [6.45, 7) is 0. The van der Waals surface area contributed by atoms with Gasteiger partial charge in [-0.2, -0.15) is 4.39 Å². The minimum Gasteiger partial charge on any atom is -0.446 e. The average molecular weight is 348 g/mol. The lowest BCUT2D eigenvalue weighted by atomic mass is 10.2. The van der Waals surface area contributed by atoms with Crippen molar-refractivity contribution in [3.63, 3.8) is 0 Å². The van der Waals surface area contributed by atoms with E-state index in [4.69, 9.17) is 4.74 Å². The van der Waals surface area contributed by atoms with Crippen LogP contribution in [0.3, 0.4) is 0 Å². The fraction of sp³-hybridized carbons (Fsp3) is 0. The van der Waals surface area contributed by atoms with E-state index in [9.17, 15) is 23.3 Å². The smallest absolute Gasteiger partial charge is 0.314 e. The van der Waals surface area contributed by atoms with Crippen molar-refractivity contribution >= 4 is 21.6 Å². The van der Waals surface area contributed by atoms with Crippen molar-refractivity contribution in [2.24, 2.45) is 0 Å². The number of rotatable bonds is 3. The molecule has 4 nitrogen and oxygen atoms in total. The maximum atomic E-state index is 13.6. The first-order valence-corrected chi connectivity index (χ1v) is 5.94. The van der Waals surface area contributed by atoms with Crippen molar-refractivity contribution in [1.82, 2.24) is 0 Å². The number of halogens is 4. The van der Waals surface area contributed by atoms with Gasteiger partial charge in [-0.25, -0.2) is 8.78 Å². The number of hydrogen-bond acceptors (Lipinski definition) is 3. The van der Waals surface area contributed by atoms with Crippen molar-refractivity contribution < 1.29 is 22.8 Å². The molecule has 0 radical (unpaired) electrons. The van der Waals surface area contributed by atoms with Crippen LogP contribution in [0.5, 0.6) is 11.5 Å². The highest BCUT2D eigenvalue weighted by atomic mass is 79.9. The van der Waals surface area contributed by atoms with Crippen molar-refractivity contribution in [3.8, 4) is 11.5 Å². The second-order valence-corrected chi connectivity index (χ2v) is 4.50. The van der Waals surface area contributed by atoms with Gasteiger partial charge in [0.1, 0.15) is 11.6 Å². The van der Waals surface area contributed by atoms with Gasteiger partial charge < -0.3 is 4.74 Å². The molecule has 2 aromatic carbocycles. The van der Waals surface area contributed by atoms with Crippen LogP contribution >= 0.6 is 15.9 Å². The molecule has 0 aliphatic heterocycles. The molecular formula is C12H5BrF3NO3. The average Bonchev–Trinajstić information content (AvgIpc) is 2.37. The molecule has 0 unspecified atom stereocenters. The highest BCUT2D eigenvalue weighted by molar-refractivity contribution is 9.10. The highest BCUT2D eigenvalue weighted by Gasteiger charge is 2.24. The van der Waals surface area contributed by atoms with E-state index in [1.807, 2.05) is 0 Å². The molecule has 104 valence electrons. The van der Waals surface area contributed by atoms with Gasteiger partial charge in [0.2, 0.25) is 11.6 Å². The zero-order chi connectivity index (χ0) is 14.9. The quantitative estimate of drug-likeness (QED) is 0.603. The van der Waals surface area contributed by atoms with E-state index in [-0.39, 0.29) is 10.2 Å². The molecular weight excluding hydrogens is 343 g/mol. The molecule has 8 heteroatoms. The molecule has 2 aromatic rings. The van der Waals surface area contributed by atoms with E-state index in [1.165, 1.54) is 0 Å². The number of nitrogens with zero attached hydrogens (tertiary/aromatic N) is 1. The first kappa shape index (κ1) is 14.3. The summed E-state index contributed by atoms with van der Waals surface area (Å²) in [6.07, 6.45) is 0. The Kier molecular flexibility index (Phi) is 3.93. The van der Waals surface area contributed by atoms with Gasteiger partial charge in [0.25, 0.3) is 0 Å². The molecule has 0 fully saturated rings. The SMILES string of the molecule is O=[N+]([O-])c1ccc(F)c(F)c1Oc1ccc(F)cc1Br. The Morgan fingerprint density at radius 3 is 2.45 bits per heavy atom. The van der Waals surface area contributed by atoms with Crippen LogP contribution in [0.4, 0.5) is 18.9 Å². The van der Waals surface area contributed by atoms with Crippen LogP contribution in [0.1, 0.15) is 0 Å². The van der Waals surface area contributed by atoms with Gasteiger partial charge in [-0.3, -0.25) is 10.1 Å². The normalized spacial score (nSPS) is 10.4. The minimum atomic E-state index is -1.49. The summed E-state index contributed by atoms with van der Waals surface area (Å²) in [6, 6.07) is 4.58. The molecule has 0 atom stereocenters. The molecule has 2 rings (SSSR count). The molecule has 0 aliphatic carbocycles. The van der Waals surface area contributed by atoms with Crippen molar-refractivity contribution in [3.05, 3.63) is 62.4 Å². The first-order chi connectivity index (χ1) is 9.40. The zero-order valence-electron chi connectivity index (χ0n) is 9.57. The standard InChI is InChI=1S/C12H5BrF3NO3/c13-7-5-6(14)1-4-10(7)20-12-9(17(18)19)3-2-8(15)11(12)16/h1-5H. The number of benzene rings is 2. The Morgan fingerprint density at radius 2 is 1.85 bits per heavy atom. The lowest BCUT2D eigenvalue weighted by Gasteiger charge is -2.09.